The van der Waals surface area contributed by atoms with Crippen LogP contribution < -0.4 is 10.2 Å². The third kappa shape index (κ3) is 4.38. The highest BCUT2D eigenvalue weighted by Gasteiger charge is 2.12. The number of rotatable bonds is 5. The van der Waals surface area contributed by atoms with E-state index in [1.54, 1.807) is 24.3 Å². The van der Waals surface area contributed by atoms with Crippen molar-refractivity contribution in [3.8, 4) is 5.75 Å². The molecule has 0 aliphatic heterocycles. The molecule has 2 aromatic rings. The van der Waals surface area contributed by atoms with Crippen molar-refractivity contribution in [1.82, 2.24) is 5.43 Å². The van der Waals surface area contributed by atoms with Crippen molar-refractivity contribution < 1.29 is 18.3 Å². The molecule has 2 aromatic carbocycles. The molecule has 126 valence electrons. The lowest BCUT2D eigenvalue weighted by Crippen LogP contribution is -2.20. The van der Waals surface area contributed by atoms with E-state index < -0.39 is 17.5 Å². The van der Waals surface area contributed by atoms with Crippen LogP contribution in [0.2, 0.25) is 0 Å². The van der Waals surface area contributed by atoms with Crippen molar-refractivity contribution in [3.05, 3.63) is 65.2 Å². The Morgan fingerprint density at radius 2 is 1.67 bits per heavy atom. The van der Waals surface area contributed by atoms with E-state index in [1.807, 2.05) is 13.8 Å². The summed E-state index contributed by atoms with van der Waals surface area (Å²) in [5, 5.41) is 3.77. The number of benzene rings is 2. The van der Waals surface area contributed by atoms with E-state index in [0.29, 0.717) is 11.3 Å². The molecule has 0 aliphatic rings. The molecule has 0 saturated heterocycles. The maximum Gasteiger partial charge on any atom is 0.271 e. The van der Waals surface area contributed by atoms with Gasteiger partial charge in [-0.1, -0.05) is 6.07 Å². The van der Waals surface area contributed by atoms with E-state index in [2.05, 4.69) is 10.5 Å². The Bertz CT molecular complexity index is 736. The fourth-order valence-electron chi connectivity index (χ4n) is 2.06. The number of hydrogen-bond donors (Lipinski definition) is 1. The standard InChI is InChI=1S/C18H18F2N2O2/c1-11(2)24-14-9-7-13(8-10-14)18(23)22-21-12(3)17-15(19)5-4-6-16(17)20/h4-11H,1-3H3,(H,22,23)/b21-12-. The first-order chi connectivity index (χ1) is 11.4. The first kappa shape index (κ1) is 17.6. The molecule has 0 saturated carbocycles. The second-order valence-corrected chi connectivity index (χ2v) is 5.43. The Morgan fingerprint density at radius 3 is 2.21 bits per heavy atom. The monoisotopic (exact) mass is 332 g/mol. The minimum Gasteiger partial charge on any atom is -0.491 e. The third-order valence-electron chi connectivity index (χ3n) is 3.14. The summed E-state index contributed by atoms with van der Waals surface area (Å²) >= 11 is 0. The van der Waals surface area contributed by atoms with Crippen molar-refractivity contribution in [2.75, 3.05) is 0 Å². The Labute approximate surface area is 139 Å². The molecule has 1 amide bonds. The van der Waals surface area contributed by atoms with Gasteiger partial charge in [-0.3, -0.25) is 4.79 Å². The summed E-state index contributed by atoms with van der Waals surface area (Å²) in [6, 6.07) is 10.0. The van der Waals surface area contributed by atoms with E-state index in [0.717, 1.165) is 12.1 Å². The fraction of sp³-hybridized carbons (Fsp3) is 0.222. The van der Waals surface area contributed by atoms with E-state index in [9.17, 15) is 13.6 Å². The minimum absolute atomic E-state index is 0.0348. The molecule has 0 bridgehead atoms. The Balaban J connectivity index is 2.09. The van der Waals surface area contributed by atoms with Crippen molar-refractivity contribution in [3.63, 3.8) is 0 Å². The normalized spacial score (nSPS) is 11.5. The van der Waals surface area contributed by atoms with Crippen LogP contribution >= 0.6 is 0 Å². The van der Waals surface area contributed by atoms with E-state index in [-0.39, 0.29) is 17.4 Å². The largest absolute Gasteiger partial charge is 0.491 e. The van der Waals surface area contributed by atoms with Gasteiger partial charge in [0, 0.05) is 5.56 Å². The summed E-state index contributed by atoms with van der Waals surface area (Å²) < 4.78 is 32.8. The van der Waals surface area contributed by atoms with Crippen LogP contribution in [0.3, 0.4) is 0 Å². The highest BCUT2D eigenvalue weighted by Crippen LogP contribution is 2.15. The molecule has 0 aliphatic carbocycles. The Hall–Kier alpha value is -2.76. The molecule has 0 unspecified atom stereocenters. The summed E-state index contributed by atoms with van der Waals surface area (Å²) in [5.41, 5.74) is 2.42. The number of hydrazone groups is 1. The predicted octanol–water partition coefficient (Wildman–Crippen LogP) is 3.91. The van der Waals surface area contributed by atoms with E-state index in [4.69, 9.17) is 4.74 Å². The van der Waals surface area contributed by atoms with Gasteiger partial charge >= 0.3 is 0 Å². The summed E-state index contributed by atoms with van der Waals surface area (Å²) in [6.45, 7) is 5.22. The number of halogens is 2. The number of amides is 1. The maximum absolute atomic E-state index is 13.6. The average molecular weight is 332 g/mol. The lowest BCUT2D eigenvalue weighted by molar-refractivity contribution is 0.0954. The smallest absolute Gasteiger partial charge is 0.271 e. The van der Waals surface area contributed by atoms with Crippen LogP contribution in [-0.4, -0.2) is 17.7 Å². The molecule has 0 fully saturated rings. The van der Waals surface area contributed by atoms with Gasteiger partial charge in [0.05, 0.1) is 17.4 Å². The quantitative estimate of drug-likeness (QED) is 0.667. The number of carbonyl (C=O) groups excluding carboxylic acids is 1. The summed E-state index contributed by atoms with van der Waals surface area (Å²) in [7, 11) is 0. The van der Waals surface area contributed by atoms with Crippen molar-refractivity contribution in [2.24, 2.45) is 5.10 Å². The van der Waals surface area contributed by atoms with Crippen LogP contribution in [0.1, 0.15) is 36.7 Å². The van der Waals surface area contributed by atoms with Crippen LogP contribution in [0.4, 0.5) is 8.78 Å². The highest BCUT2D eigenvalue weighted by atomic mass is 19.1. The van der Waals surface area contributed by atoms with E-state index >= 15 is 0 Å². The van der Waals surface area contributed by atoms with Crippen LogP contribution in [0.25, 0.3) is 0 Å². The first-order valence-corrected chi connectivity index (χ1v) is 7.44. The number of nitrogens with one attached hydrogen (secondary N) is 1. The van der Waals surface area contributed by atoms with Gasteiger partial charge in [0.15, 0.2) is 0 Å². The third-order valence-corrected chi connectivity index (χ3v) is 3.14. The van der Waals surface area contributed by atoms with Gasteiger partial charge in [-0.2, -0.15) is 5.10 Å². The molecule has 1 N–H and O–H groups in total. The number of ether oxygens (including phenoxy) is 1. The molecule has 0 spiro atoms. The molecule has 0 atom stereocenters. The molecule has 4 nitrogen and oxygen atoms in total. The topological polar surface area (TPSA) is 50.7 Å². The summed E-state index contributed by atoms with van der Waals surface area (Å²) in [6.07, 6.45) is 0.0348. The van der Waals surface area contributed by atoms with Crippen molar-refractivity contribution >= 4 is 11.6 Å². The second-order valence-electron chi connectivity index (χ2n) is 5.43. The number of nitrogens with zero attached hydrogens (tertiary/aromatic N) is 1. The zero-order valence-electron chi connectivity index (χ0n) is 13.6. The second kappa shape index (κ2) is 7.68. The zero-order chi connectivity index (χ0) is 17.7. The number of hydrogen-bond acceptors (Lipinski definition) is 3. The molecular weight excluding hydrogens is 314 g/mol. The average Bonchev–Trinajstić information content (AvgIpc) is 2.52. The van der Waals surface area contributed by atoms with Gasteiger partial charge < -0.3 is 4.74 Å². The minimum atomic E-state index is -0.735. The van der Waals surface area contributed by atoms with Crippen LogP contribution in [0, 0.1) is 11.6 Å². The van der Waals surface area contributed by atoms with E-state index in [1.165, 1.54) is 13.0 Å². The molecule has 2 rings (SSSR count). The predicted molar refractivity (Wildman–Crippen MR) is 88.2 cm³/mol. The fourth-order valence-corrected chi connectivity index (χ4v) is 2.06. The Kier molecular flexibility index (Phi) is 5.63. The number of carbonyl (C=O) groups is 1. The van der Waals surface area contributed by atoms with Gasteiger partial charge in [0.25, 0.3) is 5.91 Å². The Morgan fingerprint density at radius 1 is 1.08 bits per heavy atom. The molecule has 0 aromatic heterocycles. The summed E-state index contributed by atoms with van der Waals surface area (Å²) in [5.74, 6) is -1.31. The van der Waals surface area contributed by atoms with Crippen LogP contribution in [0.5, 0.6) is 5.75 Å². The van der Waals surface area contributed by atoms with Gasteiger partial charge in [0.1, 0.15) is 17.4 Å². The molecular formula is C18H18F2N2O2. The van der Waals surface area contributed by atoms with Crippen molar-refractivity contribution in [2.45, 2.75) is 26.9 Å². The zero-order valence-corrected chi connectivity index (χ0v) is 13.6. The SMILES string of the molecule is C/C(=N/NC(=O)c1ccc(OC(C)C)cc1)c1c(F)cccc1F. The van der Waals surface area contributed by atoms with Gasteiger partial charge in [-0.15, -0.1) is 0 Å². The maximum atomic E-state index is 13.6. The van der Waals surface area contributed by atoms with Gasteiger partial charge in [0.2, 0.25) is 0 Å². The van der Waals surface area contributed by atoms with Crippen LogP contribution in [0.15, 0.2) is 47.6 Å². The van der Waals surface area contributed by atoms with Crippen molar-refractivity contribution in [1.29, 1.82) is 0 Å². The van der Waals surface area contributed by atoms with Gasteiger partial charge in [-0.05, 0) is 57.2 Å². The highest BCUT2D eigenvalue weighted by molar-refractivity contribution is 6.01. The lowest BCUT2D eigenvalue weighted by atomic mass is 10.1. The molecule has 0 heterocycles. The molecule has 6 heteroatoms. The first-order valence-electron chi connectivity index (χ1n) is 7.44. The van der Waals surface area contributed by atoms with Crippen LogP contribution in [-0.2, 0) is 0 Å². The van der Waals surface area contributed by atoms with Gasteiger partial charge in [-0.25, -0.2) is 14.2 Å². The summed E-state index contributed by atoms with van der Waals surface area (Å²) in [4.78, 5) is 12.0. The molecule has 24 heavy (non-hydrogen) atoms. The lowest BCUT2D eigenvalue weighted by Gasteiger charge is -2.10. The molecule has 0 radical (unpaired) electrons.